The maximum absolute atomic E-state index is 9.57. The first kappa shape index (κ1) is 8.81. The fraction of sp³-hybridized carbons (Fsp3) is 1.00. The van der Waals surface area contributed by atoms with E-state index in [-0.39, 0.29) is 0 Å². The standard InChI is InChI=1S/C5H9O.C2H5.H2O.Sn.H/c1-2-4-6-5-3-1;1-2;;;/h4H,1-3,5H2;1H2,2H3;1H2;;/q;;;+1;/p-1. The number of ether oxygens (including phenoxy) is 1. The van der Waals surface area contributed by atoms with Gasteiger partial charge in [0.2, 0.25) is 0 Å². The van der Waals surface area contributed by atoms with Gasteiger partial charge in [0, 0.05) is 0 Å². The molecular weight excluding hydrogens is 235 g/mol. The zero-order chi connectivity index (χ0) is 7.40. The first-order chi connectivity index (χ1) is 4.84. The molecular formula is C7H16O2Sn. The average molecular weight is 251 g/mol. The Kier molecular flexibility index (Phi) is 4.02. The van der Waals surface area contributed by atoms with Gasteiger partial charge >= 0.3 is 69.7 Å². The molecule has 1 N–H and O–H groups in total. The van der Waals surface area contributed by atoms with Gasteiger partial charge in [-0.25, -0.2) is 0 Å². The summed E-state index contributed by atoms with van der Waals surface area (Å²) in [6.07, 6.45) is 3.59. The van der Waals surface area contributed by atoms with E-state index in [1.165, 1.54) is 12.8 Å². The molecule has 3 heteroatoms. The van der Waals surface area contributed by atoms with Gasteiger partial charge in [-0.05, 0) is 0 Å². The SMILES string of the molecule is C[CH2][SnH]([OH])[CH]1CCCCO1. The van der Waals surface area contributed by atoms with Gasteiger partial charge in [-0.2, -0.15) is 0 Å². The predicted octanol–water partition coefficient (Wildman–Crippen LogP) is 0.831. The normalized spacial score (nSPS) is 30.0. The van der Waals surface area contributed by atoms with Gasteiger partial charge in [0.05, 0.1) is 0 Å². The van der Waals surface area contributed by atoms with Crippen LogP contribution in [0.15, 0.2) is 0 Å². The van der Waals surface area contributed by atoms with Crippen molar-refractivity contribution < 1.29 is 8.18 Å². The van der Waals surface area contributed by atoms with Gasteiger partial charge in [-0.3, -0.25) is 0 Å². The van der Waals surface area contributed by atoms with Crippen molar-refractivity contribution in [3.05, 3.63) is 0 Å². The molecule has 0 amide bonds. The van der Waals surface area contributed by atoms with Crippen LogP contribution in [0.3, 0.4) is 0 Å². The van der Waals surface area contributed by atoms with E-state index in [9.17, 15) is 3.44 Å². The minimum atomic E-state index is -2.12. The first-order valence-corrected chi connectivity index (χ1v) is 9.85. The molecule has 1 rings (SSSR count). The van der Waals surface area contributed by atoms with E-state index in [2.05, 4.69) is 6.92 Å². The quantitative estimate of drug-likeness (QED) is 0.736. The topological polar surface area (TPSA) is 29.5 Å². The summed E-state index contributed by atoms with van der Waals surface area (Å²) in [5, 5.41) is 0. The molecule has 0 aliphatic carbocycles. The Bertz CT molecular complexity index is 91.6. The molecule has 0 aromatic carbocycles. The van der Waals surface area contributed by atoms with Crippen LogP contribution < -0.4 is 0 Å². The van der Waals surface area contributed by atoms with E-state index in [1.807, 2.05) is 0 Å². The second kappa shape index (κ2) is 4.57. The van der Waals surface area contributed by atoms with Crippen molar-refractivity contribution in [3.8, 4) is 0 Å². The third-order valence-electron chi connectivity index (χ3n) is 2.06. The number of rotatable bonds is 2. The van der Waals surface area contributed by atoms with Gasteiger partial charge < -0.3 is 0 Å². The molecule has 1 saturated heterocycles. The molecule has 2 atom stereocenters. The molecule has 10 heavy (non-hydrogen) atoms. The third-order valence-corrected chi connectivity index (χ3v) is 8.40. The molecule has 0 aromatic rings. The second-order valence-electron chi connectivity index (χ2n) is 2.88. The summed E-state index contributed by atoms with van der Waals surface area (Å²) in [5.74, 6) is 0. The minimum absolute atomic E-state index is 0.334. The number of hydrogen-bond donors (Lipinski definition) is 1. The van der Waals surface area contributed by atoms with Crippen LogP contribution in [0.25, 0.3) is 0 Å². The van der Waals surface area contributed by atoms with E-state index in [0.29, 0.717) is 4.12 Å². The molecule has 1 aliphatic rings. The van der Waals surface area contributed by atoms with Gasteiger partial charge in [-0.1, -0.05) is 0 Å². The van der Waals surface area contributed by atoms with E-state index < -0.39 is 20.2 Å². The van der Waals surface area contributed by atoms with Crippen molar-refractivity contribution >= 4 is 20.2 Å². The van der Waals surface area contributed by atoms with Gasteiger partial charge in [0.1, 0.15) is 0 Å². The monoisotopic (exact) mass is 252 g/mol. The molecule has 0 radical (unpaired) electrons. The van der Waals surface area contributed by atoms with Crippen molar-refractivity contribution in [3.63, 3.8) is 0 Å². The molecule has 0 spiro atoms. The molecule has 2 unspecified atom stereocenters. The van der Waals surface area contributed by atoms with Gasteiger partial charge in [0.15, 0.2) is 0 Å². The zero-order valence-corrected chi connectivity index (χ0v) is 9.84. The van der Waals surface area contributed by atoms with Crippen LogP contribution in [0.1, 0.15) is 26.2 Å². The molecule has 0 bridgehead atoms. The Morgan fingerprint density at radius 2 is 2.40 bits per heavy atom. The van der Waals surface area contributed by atoms with Crippen LogP contribution in [0.4, 0.5) is 0 Å². The van der Waals surface area contributed by atoms with Crippen LogP contribution in [0.5, 0.6) is 0 Å². The summed E-state index contributed by atoms with van der Waals surface area (Å²) in [7, 11) is 0. The van der Waals surface area contributed by atoms with Gasteiger partial charge in [0.25, 0.3) is 0 Å². The van der Waals surface area contributed by atoms with Crippen LogP contribution in [0.2, 0.25) is 4.44 Å². The Morgan fingerprint density at radius 3 is 2.90 bits per heavy atom. The molecule has 2 nitrogen and oxygen atoms in total. The van der Waals surface area contributed by atoms with E-state index in [0.717, 1.165) is 17.5 Å². The Morgan fingerprint density at radius 1 is 1.60 bits per heavy atom. The second-order valence-corrected chi connectivity index (χ2v) is 10.6. The number of hydrogen-bond acceptors (Lipinski definition) is 2. The Balaban J connectivity index is 2.24. The average Bonchev–Trinajstić information content (AvgIpc) is 2.05. The van der Waals surface area contributed by atoms with E-state index >= 15 is 0 Å². The Labute approximate surface area is 69.9 Å². The van der Waals surface area contributed by atoms with Crippen LogP contribution in [-0.2, 0) is 4.74 Å². The van der Waals surface area contributed by atoms with Crippen molar-refractivity contribution in [2.24, 2.45) is 0 Å². The maximum atomic E-state index is 9.57. The molecule has 0 aromatic heterocycles. The summed E-state index contributed by atoms with van der Waals surface area (Å²) >= 11 is -2.12. The van der Waals surface area contributed by atoms with E-state index in [4.69, 9.17) is 4.74 Å². The summed E-state index contributed by atoms with van der Waals surface area (Å²) < 4.78 is 16.4. The molecule has 1 aliphatic heterocycles. The summed E-state index contributed by atoms with van der Waals surface area (Å²) in [6, 6.07) is 0. The first-order valence-electron chi connectivity index (χ1n) is 4.14. The van der Waals surface area contributed by atoms with Crippen molar-refractivity contribution in [2.45, 2.75) is 34.7 Å². The Hall–Kier alpha value is 0.719. The van der Waals surface area contributed by atoms with Crippen molar-refractivity contribution in [1.82, 2.24) is 0 Å². The molecule has 1 heterocycles. The predicted molar refractivity (Wildman–Crippen MR) is 43.4 cm³/mol. The van der Waals surface area contributed by atoms with E-state index in [1.54, 1.807) is 0 Å². The summed E-state index contributed by atoms with van der Waals surface area (Å²) in [4.78, 5) is 0. The van der Waals surface area contributed by atoms with Crippen LogP contribution in [0, 0.1) is 0 Å². The van der Waals surface area contributed by atoms with Gasteiger partial charge in [-0.15, -0.1) is 0 Å². The fourth-order valence-electron chi connectivity index (χ4n) is 1.33. The fourth-order valence-corrected chi connectivity index (χ4v) is 5.63. The molecule has 1 fully saturated rings. The zero-order valence-electron chi connectivity index (χ0n) is 6.55. The molecule has 0 saturated carbocycles. The molecule has 60 valence electrons. The summed E-state index contributed by atoms with van der Waals surface area (Å²) in [5.41, 5.74) is 0. The summed E-state index contributed by atoms with van der Waals surface area (Å²) in [6.45, 7) is 2.97. The van der Waals surface area contributed by atoms with Crippen molar-refractivity contribution in [2.75, 3.05) is 6.61 Å². The van der Waals surface area contributed by atoms with Crippen LogP contribution >= 0.6 is 0 Å². The van der Waals surface area contributed by atoms with Crippen LogP contribution in [-0.4, -0.2) is 34.3 Å². The van der Waals surface area contributed by atoms with Crippen molar-refractivity contribution in [1.29, 1.82) is 0 Å². The third kappa shape index (κ3) is 2.40.